The Kier molecular flexibility index (Phi) is 4.99. The lowest BCUT2D eigenvalue weighted by Gasteiger charge is -2.17. The van der Waals surface area contributed by atoms with Crippen LogP contribution in [0.4, 0.5) is 4.39 Å². The number of hydrogen-bond donors (Lipinski definition) is 1. The summed E-state index contributed by atoms with van der Waals surface area (Å²) in [7, 11) is 0. The van der Waals surface area contributed by atoms with E-state index < -0.39 is 0 Å². The van der Waals surface area contributed by atoms with Crippen molar-refractivity contribution in [1.82, 2.24) is 15.3 Å². The number of aromatic nitrogens is 2. The van der Waals surface area contributed by atoms with Gasteiger partial charge in [0.05, 0.1) is 16.7 Å². The summed E-state index contributed by atoms with van der Waals surface area (Å²) in [5.74, 6) is -0.260. The fraction of sp³-hybridized carbons (Fsp3) is 0.429. The molecular weight excluding hydrogens is 261 g/mol. The maximum absolute atomic E-state index is 13.9. The van der Waals surface area contributed by atoms with Gasteiger partial charge in [-0.2, -0.15) is 0 Å². The Morgan fingerprint density at radius 3 is 2.95 bits per heavy atom. The van der Waals surface area contributed by atoms with Gasteiger partial charge in [0.15, 0.2) is 0 Å². The highest BCUT2D eigenvalue weighted by molar-refractivity contribution is 7.09. The first kappa shape index (κ1) is 14.1. The van der Waals surface area contributed by atoms with E-state index in [2.05, 4.69) is 22.2 Å². The van der Waals surface area contributed by atoms with Crippen molar-refractivity contribution in [3.8, 4) is 0 Å². The zero-order chi connectivity index (χ0) is 13.7. The Bertz CT molecular complexity index is 527. The number of nitrogens with one attached hydrogen (secondary N) is 1. The van der Waals surface area contributed by atoms with E-state index in [4.69, 9.17) is 0 Å². The van der Waals surface area contributed by atoms with E-state index in [1.165, 1.54) is 6.07 Å². The third-order valence-electron chi connectivity index (χ3n) is 2.80. The second kappa shape index (κ2) is 6.73. The summed E-state index contributed by atoms with van der Waals surface area (Å²) >= 11 is 1.61. The molecule has 0 saturated carbocycles. The predicted octanol–water partition coefficient (Wildman–Crippen LogP) is 3.27. The number of hydrogen-bond acceptors (Lipinski definition) is 4. The largest absolute Gasteiger partial charge is 0.308 e. The smallest absolute Gasteiger partial charge is 0.146 e. The van der Waals surface area contributed by atoms with Gasteiger partial charge in [0, 0.05) is 23.7 Å². The zero-order valence-electron chi connectivity index (χ0n) is 11.2. The fourth-order valence-corrected chi connectivity index (χ4v) is 2.73. The molecule has 0 spiro atoms. The molecule has 0 bridgehead atoms. The van der Waals surface area contributed by atoms with E-state index >= 15 is 0 Å². The quantitative estimate of drug-likeness (QED) is 0.882. The van der Waals surface area contributed by atoms with Gasteiger partial charge in [-0.25, -0.2) is 9.37 Å². The molecule has 1 N–H and O–H groups in total. The molecule has 0 aliphatic heterocycles. The molecule has 19 heavy (non-hydrogen) atoms. The lowest BCUT2D eigenvalue weighted by Crippen LogP contribution is -2.26. The van der Waals surface area contributed by atoms with Crippen molar-refractivity contribution in [1.29, 1.82) is 0 Å². The zero-order valence-corrected chi connectivity index (χ0v) is 12.0. The molecule has 3 nitrogen and oxygen atoms in total. The monoisotopic (exact) mass is 279 g/mol. The van der Waals surface area contributed by atoms with Crippen LogP contribution in [0, 0.1) is 12.7 Å². The first-order chi connectivity index (χ1) is 9.20. The van der Waals surface area contributed by atoms with E-state index in [9.17, 15) is 4.39 Å². The first-order valence-corrected chi connectivity index (χ1v) is 7.33. The SMILES string of the molecule is CCCNC(Cc1nc(C)cs1)c1ncccc1F. The molecule has 0 fully saturated rings. The van der Waals surface area contributed by atoms with E-state index in [1.807, 2.05) is 12.3 Å². The van der Waals surface area contributed by atoms with Gasteiger partial charge in [-0.3, -0.25) is 4.98 Å². The van der Waals surface area contributed by atoms with Crippen LogP contribution < -0.4 is 5.32 Å². The molecule has 102 valence electrons. The van der Waals surface area contributed by atoms with Crippen LogP contribution in [0.15, 0.2) is 23.7 Å². The van der Waals surface area contributed by atoms with Crippen molar-refractivity contribution in [2.45, 2.75) is 32.7 Å². The molecule has 2 aromatic heterocycles. The Hall–Kier alpha value is -1.33. The lowest BCUT2D eigenvalue weighted by molar-refractivity contribution is 0.482. The number of thiazole rings is 1. The van der Waals surface area contributed by atoms with Crippen molar-refractivity contribution >= 4 is 11.3 Å². The van der Waals surface area contributed by atoms with Crippen LogP contribution in [-0.4, -0.2) is 16.5 Å². The predicted molar refractivity (Wildman–Crippen MR) is 75.8 cm³/mol. The Morgan fingerprint density at radius 2 is 2.32 bits per heavy atom. The maximum atomic E-state index is 13.9. The van der Waals surface area contributed by atoms with Crippen molar-refractivity contribution in [3.63, 3.8) is 0 Å². The van der Waals surface area contributed by atoms with Crippen LogP contribution in [0.1, 0.15) is 35.8 Å². The fourth-order valence-electron chi connectivity index (χ4n) is 1.91. The van der Waals surface area contributed by atoms with Crippen LogP contribution >= 0.6 is 11.3 Å². The molecule has 2 aromatic rings. The number of pyridine rings is 1. The Labute approximate surface area is 116 Å². The molecule has 0 saturated heterocycles. The molecule has 0 aliphatic carbocycles. The summed E-state index contributed by atoms with van der Waals surface area (Å²) in [5, 5.41) is 6.37. The summed E-state index contributed by atoms with van der Waals surface area (Å²) in [4.78, 5) is 8.62. The normalized spacial score (nSPS) is 12.6. The van der Waals surface area contributed by atoms with Gasteiger partial charge in [0.25, 0.3) is 0 Å². The summed E-state index contributed by atoms with van der Waals surface area (Å²) < 4.78 is 13.9. The highest BCUT2D eigenvalue weighted by Gasteiger charge is 2.18. The molecule has 5 heteroatoms. The Balaban J connectivity index is 2.18. The van der Waals surface area contributed by atoms with E-state index in [1.54, 1.807) is 23.6 Å². The number of halogens is 1. The first-order valence-electron chi connectivity index (χ1n) is 6.45. The second-order valence-electron chi connectivity index (χ2n) is 4.46. The summed E-state index contributed by atoms with van der Waals surface area (Å²) in [6.45, 7) is 4.90. The third-order valence-corrected chi connectivity index (χ3v) is 3.79. The average molecular weight is 279 g/mol. The van der Waals surface area contributed by atoms with Gasteiger partial charge in [-0.05, 0) is 32.0 Å². The number of nitrogens with zero attached hydrogens (tertiary/aromatic N) is 2. The topological polar surface area (TPSA) is 37.8 Å². The lowest BCUT2D eigenvalue weighted by atomic mass is 10.1. The molecule has 2 heterocycles. The van der Waals surface area contributed by atoms with Crippen LogP contribution in [0.3, 0.4) is 0 Å². The van der Waals surface area contributed by atoms with Gasteiger partial charge >= 0.3 is 0 Å². The molecule has 0 amide bonds. The number of rotatable bonds is 6. The van der Waals surface area contributed by atoms with Crippen molar-refractivity contribution in [2.24, 2.45) is 0 Å². The molecular formula is C14H18FN3S. The van der Waals surface area contributed by atoms with E-state index in [0.29, 0.717) is 12.1 Å². The minimum absolute atomic E-state index is 0.119. The summed E-state index contributed by atoms with van der Waals surface area (Å²) in [6.07, 6.45) is 3.31. The van der Waals surface area contributed by atoms with Crippen LogP contribution in [0.5, 0.6) is 0 Å². The molecule has 1 unspecified atom stereocenters. The van der Waals surface area contributed by atoms with Crippen molar-refractivity contribution < 1.29 is 4.39 Å². The van der Waals surface area contributed by atoms with Gasteiger partial charge in [-0.1, -0.05) is 6.92 Å². The molecule has 0 radical (unpaired) electrons. The van der Waals surface area contributed by atoms with Crippen LogP contribution in [0.2, 0.25) is 0 Å². The summed E-state index contributed by atoms with van der Waals surface area (Å²) in [6, 6.07) is 2.95. The van der Waals surface area contributed by atoms with Gasteiger partial charge < -0.3 is 5.32 Å². The van der Waals surface area contributed by atoms with Gasteiger partial charge in [0.1, 0.15) is 5.82 Å². The Morgan fingerprint density at radius 1 is 1.47 bits per heavy atom. The molecule has 1 atom stereocenters. The van der Waals surface area contributed by atoms with Crippen LogP contribution in [-0.2, 0) is 6.42 Å². The van der Waals surface area contributed by atoms with E-state index in [0.717, 1.165) is 23.7 Å². The third kappa shape index (κ3) is 3.81. The van der Waals surface area contributed by atoms with E-state index in [-0.39, 0.29) is 11.9 Å². The molecule has 0 aromatic carbocycles. The van der Waals surface area contributed by atoms with Crippen molar-refractivity contribution in [2.75, 3.05) is 6.54 Å². The minimum atomic E-state index is -0.260. The standard InChI is InChI=1S/C14H18FN3S/c1-3-6-16-12(8-13-18-10(2)9-19-13)14-11(15)5-4-7-17-14/h4-5,7,9,12,16H,3,6,8H2,1-2H3. The summed E-state index contributed by atoms with van der Waals surface area (Å²) in [5.41, 5.74) is 1.49. The minimum Gasteiger partial charge on any atom is -0.308 e. The maximum Gasteiger partial charge on any atom is 0.146 e. The average Bonchev–Trinajstić information content (AvgIpc) is 2.81. The number of aryl methyl sites for hydroxylation is 1. The molecule has 0 aliphatic rings. The second-order valence-corrected chi connectivity index (χ2v) is 5.41. The highest BCUT2D eigenvalue weighted by Crippen LogP contribution is 2.21. The van der Waals surface area contributed by atoms with Gasteiger partial charge in [0.2, 0.25) is 0 Å². The van der Waals surface area contributed by atoms with Gasteiger partial charge in [-0.15, -0.1) is 11.3 Å². The van der Waals surface area contributed by atoms with Crippen LogP contribution in [0.25, 0.3) is 0 Å². The van der Waals surface area contributed by atoms with Crippen molar-refractivity contribution in [3.05, 3.63) is 45.9 Å². The highest BCUT2D eigenvalue weighted by atomic mass is 32.1. The molecule has 2 rings (SSSR count).